The zero-order chi connectivity index (χ0) is 14.0. The third-order valence-corrected chi connectivity index (χ3v) is 3.92. The van der Waals surface area contributed by atoms with Gasteiger partial charge in [-0.15, -0.1) is 0 Å². The number of para-hydroxylation sites is 1. The van der Waals surface area contributed by atoms with Crippen LogP contribution in [0.25, 0.3) is 0 Å². The summed E-state index contributed by atoms with van der Waals surface area (Å²) < 4.78 is 5.78. The highest BCUT2D eigenvalue weighted by molar-refractivity contribution is 5.33. The van der Waals surface area contributed by atoms with Crippen molar-refractivity contribution in [3.8, 4) is 11.8 Å². The molecule has 1 fully saturated rings. The van der Waals surface area contributed by atoms with E-state index in [2.05, 4.69) is 22.4 Å². The standard InChI is InChI=1S/C16H21N3O/c1-16(11-17,18-14-6-7-14)12-19-8-9-20-15-5-3-2-4-13(15)10-19/h2-5,14,18H,6-10,12H2,1H3. The van der Waals surface area contributed by atoms with Crippen molar-refractivity contribution in [2.45, 2.75) is 37.9 Å². The maximum atomic E-state index is 9.49. The normalized spacial score (nSPS) is 22.0. The van der Waals surface area contributed by atoms with E-state index in [4.69, 9.17) is 4.74 Å². The third kappa shape index (κ3) is 3.12. The van der Waals surface area contributed by atoms with E-state index in [0.717, 1.165) is 25.4 Å². The van der Waals surface area contributed by atoms with Crippen molar-refractivity contribution in [2.24, 2.45) is 0 Å². The zero-order valence-corrected chi connectivity index (χ0v) is 11.9. The average molecular weight is 271 g/mol. The van der Waals surface area contributed by atoms with E-state index < -0.39 is 5.54 Å². The van der Waals surface area contributed by atoms with Crippen LogP contribution in [0.3, 0.4) is 0 Å². The first-order chi connectivity index (χ1) is 9.68. The van der Waals surface area contributed by atoms with E-state index in [1.165, 1.54) is 18.4 Å². The molecular formula is C16H21N3O. The van der Waals surface area contributed by atoms with Crippen molar-refractivity contribution in [1.29, 1.82) is 5.26 Å². The summed E-state index contributed by atoms with van der Waals surface area (Å²) in [5, 5.41) is 13.0. The minimum Gasteiger partial charge on any atom is -0.492 e. The van der Waals surface area contributed by atoms with E-state index in [-0.39, 0.29) is 0 Å². The van der Waals surface area contributed by atoms with Crippen LogP contribution in [-0.2, 0) is 6.54 Å². The number of nitrogens with zero attached hydrogens (tertiary/aromatic N) is 2. The van der Waals surface area contributed by atoms with Gasteiger partial charge in [0.1, 0.15) is 17.9 Å². The molecule has 0 bridgehead atoms. The number of nitriles is 1. The molecule has 0 radical (unpaired) electrons. The van der Waals surface area contributed by atoms with E-state index in [1.807, 2.05) is 25.1 Å². The van der Waals surface area contributed by atoms with Crippen LogP contribution in [0.4, 0.5) is 0 Å². The average Bonchev–Trinajstić information content (AvgIpc) is 3.25. The molecule has 0 spiro atoms. The summed E-state index contributed by atoms with van der Waals surface area (Å²) in [7, 11) is 0. The van der Waals surface area contributed by atoms with Gasteiger partial charge in [0.15, 0.2) is 0 Å². The molecule has 1 aliphatic carbocycles. The smallest absolute Gasteiger partial charge is 0.123 e. The van der Waals surface area contributed by atoms with Crippen LogP contribution >= 0.6 is 0 Å². The Labute approximate surface area is 120 Å². The Bertz CT molecular complexity index is 521. The highest BCUT2D eigenvalue weighted by atomic mass is 16.5. The fraction of sp³-hybridized carbons (Fsp3) is 0.562. The Hall–Kier alpha value is -1.57. The lowest BCUT2D eigenvalue weighted by atomic mass is 10.0. The second kappa shape index (κ2) is 5.43. The quantitative estimate of drug-likeness (QED) is 0.909. The summed E-state index contributed by atoms with van der Waals surface area (Å²) in [5.41, 5.74) is 0.734. The van der Waals surface area contributed by atoms with Gasteiger partial charge in [-0.05, 0) is 25.8 Å². The van der Waals surface area contributed by atoms with Crippen molar-refractivity contribution in [3.05, 3.63) is 29.8 Å². The van der Waals surface area contributed by atoms with E-state index in [0.29, 0.717) is 12.6 Å². The number of rotatable bonds is 4. The summed E-state index contributed by atoms with van der Waals surface area (Å²) >= 11 is 0. The Morgan fingerprint density at radius 2 is 2.25 bits per heavy atom. The van der Waals surface area contributed by atoms with E-state index >= 15 is 0 Å². The van der Waals surface area contributed by atoms with Crippen molar-refractivity contribution in [3.63, 3.8) is 0 Å². The van der Waals surface area contributed by atoms with Crippen molar-refractivity contribution in [1.82, 2.24) is 10.2 Å². The van der Waals surface area contributed by atoms with Gasteiger partial charge in [-0.25, -0.2) is 0 Å². The molecule has 0 amide bonds. The van der Waals surface area contributed by atoms with E-state index in [9.17, 15) is 5.26 Å². The molecule has 1 aromatic rings. The molecule has 106 valence electrons. The minimum absolute atomic E-state index is 0.472. The number of ether oxygens (including phenoxy) is 1. The second-order valence-corrected chi connectivity index (χ2v) is 6.03. The van der Waals surface area contributed by atoms with Crippen molar-refractivity contribution < 1.29 is 4.74 Å². The van der Waals surface area contributed by atoms with Crippen LogP contribution in [0.1, 0.15) is 25.3 Å². The van der Waals surface area contributed by atoms with Crippen LogP contribution in [0.5, 0.6) is 5.75 Å². The summed E-state index contributed by atoms with van der Waals surface area (Å²) in [6, 6.07) is 11.1. The lowest BCUT2D eigenvalue weighted by Gasteiger charge is -2.30. The molecular weight excluding hydrogens is 250 g/mol. The van der Waals surface area contributed by atoms with Crippen LogP contribution in [0.15, 0.2) is 24.3 Å². The molecule has 3 rings (SSSR count). The molecule has 1 aromatic carbocycles. The van der Waals surface area contributed by atoms with Crippen LogP contribution in [-0.4, -0.2) is 36.2 Å². The molecule has 2 aliphatic rings. The van der Waals surface area contributed by atoms with Gasteiger partial charge in [0, 0.05) is 31.2 Å². The number of hydrogen-bond donors (Lipinski definition) is 1. The molecule has 1 heterocycles. The summed E-state index contributed by atoms with van der Waals surface area (Å²) in [6.45, 7) is 5.13. The lowest BCUT2D eigenvalue weighted by Crippen LogP contribution is -2.51. The van der Waals surface area contributed by atoms with Gasteiger partial charge in [0.05, 0.1) is 6.07 Å². The first-order valence-corrected chi connectivity index (χ1v) is 7.30. The Morgan fingerprint density at radius 3 is 3.00 bits per heavy atom. The number of nitrogens with one attached hydrogen (secondary N) is 1. The first-order valence-electron chi connectivity index (χ1n) is 7.30. The van der Waals surface area contributed by atoms with Crippen LogP contribution in [0.2, 0.25) is 0 Å². The summed E-state index contributed by atoms with van der Waals surface area (Å²) in [5.74, 6) is 0.976. The Balaban J connectivity index is 1.69. The van der Waals surface area contributed by atoms with Gasteiger partial charge in [0.2, 0.25) is 0 Å². The largest absolute Gasteiger partial charge is 0.492 e. The van der Waals surface area contributed by atoms with Gasteiger partial charge in [0.25, 0.3) is 0 Å². The fourth-order valence-corrected chi connectivity index (χ4v) is 2.75. The maximum absolute atomic E-state index is 9.49. The van der Waals surface area contributed by atoms with Crippen LogP contribution < -0.4 is 10.1 Å². The molecule has 0 aromatic heterocycles. The molecule has 4 heteroatoms. The molecule has 1 N–H and O–H groups in total. The number of benzene rings is 1. The minimum atomic E-state index is -0.472. The van der Waals surface area contributed by atoms with Gasteiger partial charge in [-0.1, -0.05) is 18.2 Å². The third-order valence-electron chi connectivity index (χ3n) is 3.92. The van der Waals surface area contributed by atoms with Gasteiger partial charge >= 0.3 is 0 Å². The van der Waals surface area contributed by atoms with Gasteiger partial charge < -0.3 is 4.74 Å². The maximum Gasteiger partial charge on any atom is 0.123 e. The summed E-state index contributed by atoms with van der Waals surface area (Å²) in [4.78, 5) is 2.31. The number of fused-ring (bicyclic) bond motifs is 1. The topological polar surface area (TPSA) is 48.3 Å². The molecule has 4 nitrogen and oxygen atoms in total. The summed E-state index contributed by atoms with van der Waals surface area (Å²) in [6.07, 6.45) is 2.40. The Kier molecular flexibility index (Phi) is 3.64. The fourth-order valence-electron chi connectivity index (χ4n) is 2.75. The van der Waals surface area contributed by atoms with Gasteiger partial charge in [-0.3, -0.25) is 10.2 Å². The monoisotopic (exact) mass is 271 g/mol. The highest BCUT2D eigenvalue weighted by Gasteiger charge is 2.34. The molecule has 1 saturated carbocycles. The molecule has 1 atom stereocenters. The van der Waals surface area contributed by atoms with Crippen LogP contribution in [0, 0.1) is 11.3 Å². The Morgan fingerprint density at radius 1 is 1.45 bits per heavy atom. The van der Waals surface area contributed by atoms with Gasteiger partial charge in [-0.2, -0.15) is 5.26 Å². The van der Waals surface area contributed by atoms with E-state index in [1.54, 1.807) is 0 Å². The molecule has 1 aliphatic heterocycles. The predicted molar refractivity (Wildman–Crippen MR) is 77.4 cm³/mol. The number of hydrogen-bond acceptors (Lipinski definition) is 4. The van der Waals surface area contributed by atoms with Crippen molar-refractivity contribution >= 4 is 0 Å². The SMILES string of the molecule is CC(C#N)(CN1CCOc2ccccc2C1)NC1CC1. The highest BCUT2D eigenvalue weighted by Crippen LogP contribution is 2.25. The first kappa shape index (κ1) is 13.4. The molecule has 1 unspecified atom stereocenters. The zero-order valence-electron chi connectivity index (χ0n) is 11.9. The predicted octanol–water partition coefficient (Wildman–Crippen LogP) is 1.92. The molecule has 0 saturated heterocycles. The second-order valence-electron chi connectivity index (χ2n) is 6.03. The lowest BCUT2D eigenvalue weighted by molar-refractivity contribution is 0.190. The van der Waals surface area contributed by atoms with Crippen molar-refractivity contribution in [2.75, 3.05) is 19.7 Å². The molecule has 20 heavy (non-hydrogen) atoms.